The standard InChI is InChI=1S/C13H20N4O/c1-9(2)17-13(15-8-16-17)7-11(14-4)12-6-5-10(3)18-12/h5-6,8-9,11,14H,7H2,1-4H3. The monoisotopic (exact) mass is 248 g/mol. The molecule has 18 heavy (non-hydrogen) atoms. The summed E-state index contributed by atoms with van der Waals surface area (Å²) in [5.74, 6) is 2.84. The van der Waals surface area contributed by atoms with Crippen LogP contribution in [0.15, 0.2) is 22.9 Å². The minimum Gasteiger partial charge on any atom is -0.465 e. The van der Waals surface area contributed by atoms with Crippen molar-refractivity contribution >= 4 is 0 Å². The van der Waals surface area contributed by atoms with E-state index in [2.05, 4.69) is 29.2 Å². The summed E-state index contributed by atoms with van der Waals surface area (Å²) in [5, 5.41) is 7.51. The Morgan fingerprint density at radius 2 is 2.17 bits per heavy atom. The zero-order valence-corrected chi connectivity index (χ0v) is 11.3. The second-order valence-corrected chi connectivity index (χ2v) is 4.71. The summed E-state index contributed by atoms with van der Waals surface area (Å²) in [7, 11) is 1.93. The number of nitrogens with one attached hydrogen (secondary N) is 1. The van der Waals surface area contributed by atoms with Crippen LogP contribution in [-0.2, 0) is 6.42 Å². The fourth-order valence-electron chi connectivity index (χ4n) is 2.02. The van der Waals surface area contributed by atoms with Crippen molar-refractivity contribution in [2.75, 3.05) is 7.05 Å². The van der Waals surface area contributed by atoms with Gasteiger partial charge in [0.25, 0.3) is 0 Å². The topological polar surface area (TPSA) is 55.9 Å². The third-order valence-electron chi connectivity index (χ3n) is 2.98. The number of likely N-dealkylation sites (N-methyl/N-ethyl adjacent to an activating group) is 1. The smallest absolute Gasteiger partial charge is 0.138 e. The molecule has 0 amide bonds. The first-order chi connectivity index (χ1) is 8.61. The van der Waals surface area contributed by atoms with Crippen LogP contribution < -0.4 is 5.32 Å². The normalized spacial score (nSPS) is 13.2. The largest absolute Gasteiger partial charge is 0.465 e. The third kappa shape index (κ3) is 2.61. The maximum atomic E-state index is 5.67. The van der Waals surface area contributed by atoms with E-state index in [0.717, 1.165) is 23.8 Å². The Hall–Kier alpha value is -1.62. The first kappa shape index (κ1) is 12.8. The average Bonchev–Trinajstić information content (AvgIpc) is 2.94. The zero-order valence-electron chi connectivity index (χ0n) is 11.3. The molecule has 0 spiro atoms. The highest BCUT2D eigenvalue weighted by molar-refractivity contribution is 5.11. The molecule has 1 N–H and O–H groups in total. The first-order valence-corrected chi connectivity index (χ1v) is 6.23. The maximum Gasteiger partial charge on any atom is 0.138 e. The number of hydrogen-bond donors (Lipinski definition) is 1. The van der Waals surface area contributed by atoms with Crippen molar-refractivity contribution < 1.29 is 4.42 Å². The second kappa shape index (κ2) is 5.35. The molecule has 5 heteroatoms. The van der Waals surface area contributed by atoms with Gasteiger partial charge in [-0.25, -0.2) is 9.67 Å². The molecule has 0 saturated heterocycles. The van der Waals surface area contributed by atoms with Crippen molar-refractivity contribution in [2.24, 2.45) is 0 Å². The molecule has 0 radical (unpaired) electrons. The van der Waals surface area contributed by atoms with Crippen molar-refractivity contribution in [1.29, 1.82) is 0 Å². The number of hydrogen-bond acceptors (Lipinski definition) is 4. The van der Waals surface area contributed by atoms with Crippen LogP contribution in [0.4, 0.5) is 0 Å². The fraction of sp³-hybridized carbons (Fsp3) is 0.538. The summed E-state index contributed by atoms with van der Waals surface area (Å²) in [6.45, 7) is 6.15. The lowest BCUT2D eigenvalue weighted by Gasteiger charge is -2.15. The molecule has 98 valence electrons. The summed E-state index contributed by atoms with van der Waals surface area (Å²) < 4.78 is 7.61. The quantitative estimate of drug-likeness (QED) is 0.881. The van der Waals surface area contributed by atoms with Crippen molar-refractivity contribution in [2.45, 2.75) is 39.3 Å². The van der Waals surface area contributed by atoms with Gasteiger partial charge in [0.15, 0.2) is 0 Å². The van der Waals surface area contributed by atoms with Crippen molar-refractivity contribution in [3.05, 3.63) is 35.8 Å². The molecule has 2 aromatic rings. The summed E-state index contributed by atoms with van der Waals surface area (Å²) in [5.41, 5.74) is 0. The molecule has 0 aliphatic carbocycles. The molecule has 2 aromatic heterocycles. The molecule has 0 fully saturated rings. The van der Waals surface area contributed by atoms with Gasteiger partial charge in [-0.1, -0.05) is 0 Å². The van der Waals surface area contributed by atoms with E-state index in [9.17, 15) is 0 Å². The highest BCUT2D eigenvalue weighted by Gasteiger charge is 2.18. The van der Waals surface area contributed by atoms with E-state index in [1.54, 1.807) is 6.33 Å². The van der Waals surface area contributed by atoms with Gasteiger partial charge in [0.1, 0.15) is 23.7 Å². The lowest BCUT2D eigenvalue weighted by atomic mass is 10.1. The summed E-state index contributed by atoms with van der Waals surface area (Å²) >= 11 is 0. The zero-order chi connectivity index (χ0) is 13.1. The van der Waals surface area contributed by atoms with Crippen molar-refractivity contribution in [3.8, 4) is 0 Å². The van der Waals surface area contributed by atoms with Gasteiger partial charge in [0, 0.05) is 12.5 Å². The Morgan fingerprint density at radius 3 is 2.72 bits per heavy atom. The summed E-state index contributed by atoms with van der Waals surface area (Å²) in [6, 6.07) is 4.43. The molecule has 0 aliphatic heterocycles. The van der Waals surface area contributed by atoms with Crippen LogP contribution in [0.25, 0.3) is 0 Å². The third-order valence-corrected chi connectivity index (χ3v) is 2.98. The predicted octanol–water partition coefficient (Wildman–Crippen LogP) is 2.26. The molecule has 1 unspecified atom stereocenters. The minimum absolute atomic E-state index is 0.125. The van der Waals surface area contributed by atoms with Gasteiger partial charge >= 0.3 is 0 Å². The molecular formula is C13H20N4O. The van der Waals surface area contributed by atoms with E-state index in [0.29, 0.717) is 6.04 Å². The average molecular weight is 248 g/mol. The van der Waals surface area contributed by atoms with E-state index < -0.39 is 0 Å². The van der Waals surface area contributed by atoms with E-state index in [1.165, 1.54) is 0 Å². The van der Waals surface area contributed by atoms with Gasteiger partial charge in [-0.05, 0) is 40.0 Å². The van der Waals surface area contributed by atoms with Gasteiger partial charge < -0.3 is 9.73 Å². The number of aromatic nitrogens is 3. The Balaban J connectivity index is 2.18. The maximum absolute atomic E-state index is 5.67. The van der Waals surface area contributed by atoms with Crippen LogP contribution in [0.2, 0.25) is 0 Å². The Kier molecular flexibility index (Phi) is 3.81. The molecule has 0 aliphatic rings. The van der Waals surface area contributed by atoms with Crippen LogP contribution in [0.3, 0.4) is 0 Å². The van der Waals surface area contributed by atoms with E-state index in [4.69, 9.17) is 4.42 Å². The van der Waals surface area contributed by atoms with Crippen molar-refractivity contribution in [3.63, 3.8) is 0 Å². The Bertz CT molecular complexity index is 501. The molecule has 0 saturated carbocycles. The molecule has 2 heterocycles. The van der Waals surface area contributed by atoms with Crippen LogP contribution in [-0.4, -0.2) is 21.8 Å². The number of aryl methyl sites for hydroxylation is 1. The number of nitrogens with zero attached hydrogens (tertiary/aromatic N) is 3. The lowest BCUT2D eigenvalue weighted by molar-refractivity contribution is 0.399. The van der Waals surface area contributed by atoms with E-state index in [-0.39, 0.29) is 6.04 Å². The SMILES string of the molecule is CNC(Cc1ncnn1C(C)C)c1ccc(C)o1. The van der Waals surface area contributed by atoms with Gasteiger partial charge in [0.05, 0.1) is 6.04 Å². The van der Waals surface area contributed by atoms with Crippen LogP contribution in [0.5, 0.6) is 0 Å². The van der Waals surface area contributed by atoms with Crippen LogP contribution >= 0.6 is 0 Å². The summed E-state index contributed by atoms with van der Waals surface area (Å²) in [6.07, 6.45) is 2.37. The Morgan fingerprint density at radius 1 is 1.39 bits per heavy atom. The van der Waals surface area contributed by atoms with Crippen LogP contribution in [0, 0.1) is 6.92 Å². The second-order valence-electron chi connectivity index (χ2n) is 4.71. The first-order valence-electron chi connectivity index (χ1n) is 6.23. The van der Waals surface area contributed by atoms with Gasteiger partial charge in [-0.15, -0.1) is 0 Å². The summed E-state index contributed by atoms with van der Waals surface area (Å²) in [4.78, 5) is 4.33. The van der Waals surface area contributed by atoms with Crippen LogP contribution in [0.1, 0.15) is 43.3 Å². The molecule has 0 bridgehead atoms. The molecule has 5 nitrogen and oxygen atoms in total. The number of rotatable bonds is 5. The lowest BCUT2D eigenvalue weighted by Crippen LogP contribution is -2.21. The van der Waals surface area contributed by atoms with Gasteiger partial charge in [-0.3, -0.25) is 0 Å². The fourth-order valence-corrected chi connectivity index (χ4v) is 2.02. The molecule has 2 rings (SSSR count). The van der Waals surface area contributed by atoms with E-state index in [1.807, 2.05) is 30.8 Å². The highest BCUT2D eigenvalue weighted by Crippen LogP contribution is 2.20. The highest BCUT2D eigenvalue weighted by atomic mass is 16.3. The molecule has 1 atom stereocenters. The molecule has 0 aromatic carbocycles. The van der Waals surface area contributed by atoms with Crippen molar-refractivity contribution in [1.82, 2.24) is 20.1 Å². The van der Waals surface area contributed by atoms with Gasteiger partial charge in [-0.2, -0.15) is 5.10 Å². The molecular weight excluding hydrogens is 228 g/mol. The predicted molar refractivity (Wildman–Crippen MR) is 69.4 cm³/mol. The minimum atomic E-state index is 0.125. The Labute approximate surface area is 107 Å². The van der Waals surface area contributed by atoms with Gasteiger partial charge in [0.2, 0.25) is 0 Å². The number of furan rings is 1. The van der Waals surface area contributed by atoms with E-state index >= 15 is 0 Å².